The molecule has 1 aromatic heterocycles. The van der Waals surface area contributed by atoms with Gasteiger partial charge in [-0.3, -0.25) is 0 Å². The number of nitrogens with zero attached hydrogens (tertiary/aromatic N) is 3. The molecule has 0 saturated carbocycles. The Hall–Kier alpha value is -3.00. The highest BCUT2D eigenvalue weighted by Crippen LogP contribution is 2.22. The predicted molar refractivity (Wildman–Crippen MR) is 117 cm³/mol. The number of benzene rings is 3. The summed E-state index contributed by atoms with van der Waals surface area (Å²) in [5.41, 5.74) is 2.58. The molecule has 3 aromatic carbocycles. The summed E-state index contributed by atoms with van der Waals surface area (Å²) in [6.45, 7) is 0.118. The van der Waals surface area contributed by atoms with Gasteiger partial charge in [0.1, 0.15) is 5.69 Å². The van der Waals surface area contributed by atoms with Crippen LogP contribution < -0.4 is 4.72 Å². The van der Waals surface area contributed by atoms with Crippen LogP contribution >= 0.6 is 11.6 Å². The average Bonchev–Trinajstić information content (AvgIpc) is 3.25. The molecule has 1 atom stereocenters. The Morgan fingerprint density at radius 3 is 2.20 bits per heavy atom. The van der Waals surface area contributed by atoms with Crippen LogP contribution in [0.25, 0.3) is 11.3 Å². The van der Waals surface area contributed by atoms with Gasteiger partial charge >= 0.3 is 0 Å². The Bertz CT molecular complexity index is 1210. The third-order valence-electron chi connectivity index (χ3n) is 4.67. The first-order valence-electron chi connectivity index (χ1n) is 9.30. The van der Waals surface area contributed by atoms with Crippen molar-refractivity contribution in [2.75, 3.05) is 6.54 Å². The lowest BCUT2D eigenvalue weighted by Crippen LogP contribution is -2.31. The van der Waals surface area contributed by atoms with Gasteiger partial charge < -0.3 is 0 Å². The molecule has 0 aliphatic rings. The van der Waals surface area contributed by atoms with E-state index in [0.717, 1.165) is 16.8 Å². The molecule has 1 N–H and O–H groups in total. The molecule has 0 saturated heterocycles. The van der Waals surface area contributed by atoms with Gasteiger partial charge in [-0.2, -0.15) is 0 Å². The first-order chi connectivity index (χ1) is 14.5. The van der Waals surface area contributed by atoms with Crippen molar-refractivity contribution in [3.8, 4) is 11.3 Å². The Labute approximate surface area is 180 Å². The van der Waals surface area contributed by atoms with Gasteiger partial charge in [-0.15, -0.1) is 5.10 Å². The van der Waals surface area contributed by atoms with Crippen LogP contribution in [0.1, 0.15) is 11.6 Å². The SMILES string of the molecule is O=S(=O)(NCC(c1ccccc1)n1cc(-c2ccccc2)nn1)c1ccc(Cl)cc1. The fourth-order valence-electron chi connectivity index (χ4n) is 3.10. The highest BCUT2D eigenvalue weighted by molar-refractivity contribution is 7.89. The molecule has 30 heavy (non-hydrogen) atoms. The van der Waals surface area contributed by atoms with E-state index >= 15 is 0 Å². The molecule has 0 radical (unpaired) electrons. The van der Waals surface area contributed by atoms with Crippen LogP contribution in [0.15, 0.2) is 96.0 Å². The van der Waals surface area contributed by atoms with Crippen molar-refractivity contribution in [1.29, 1.82) is 0 Å². The number of hydrogen-bond donors (Lipinski definition) is 1. The van der Waals surface area contributed by atoms with Crippen LogP contribution in [0.4, 0.5) is 0 Å². The Morgan fingerprint density at radius 2 is 1.53 bits per heavy atom. The van der Waals surface area contributed by atoms with Gasteiger partial charge in [0, 0.05) is 17.1 Å². The van der Waals surface area contributed by atoms with Crippen LogP contribution in [0, 0.1) is 0 Å². The molecular weight excluding hydrogens is 420 g/mol. The fourth-order valence-corrected chi connectivity index (χ4v) is 4.26. The third kappa shape index (κ3) is 4.59. The first kappa shape index (κ1) is 20.3. The van der Waals surface area contributed by atoms with Crippen LogP contribution in [0.5, 0.6) is 0 Å². The van der Waals surface area contributed by atoms with E-state index in [1.165, 1.54) is 12.1 Å². The van der Waals surface area contributed by atoms with Crippen molar-refractivity contribution in [2.45, 2.75) is 10.9 Å². The van der Waals surface area contributed by atoms with Crippen molar-refractivity contribution in [2.24, 2.45) is 0 Å². The van der Waals surface area contributed by atoms with E-state index in [4.69, 9.17) is 11.6 Å². The summed E-state index contributed by atoms with van der Waals surface area (Å²) in [5.74, 6) is 0. The molecule has 0 spiro atoms. The minimum Gasteiger partial charge on any atom is -0.243 e. The summed E-state index contributed by atoms with van der Waals surface area (Å²) in [5, 5.41) is 9.01. The lowest BCUT2D eigenvalue weighted by atomic mass is 10.1. The van der Waals surface area contributed by atoms with Crippen molar-refractivity contribution >= 4 is 21.6 Å². The van der Waals surface area contributed by atoms with Gasteiger partial charge in [0.15, 0.2) is 0 Å². The fraction of sp³-hybridized carbons (Fsp3) is 0.0909. The summed E-state index contributed by atoms with van der Waals surface area (Å²) in [4.78, 5) is 0.155. The Balaban J connectivity index is 1.62. The zero-order chi connectivity index (χ0) is 21.0. The second-order valence-corrected chi connectivity index (χ2v) is 8.89. The summed E-state index contributed by atoms with van der Waals surface area (Å²) in [6.07, 6.45) is 1.82. The zero-order valence-electron chi connectivity index (χ0n) is 15.9. The Kier molecular flexibility index (Phi) is 5.94. The number of sulfonamides is 1. The van der Waals surface area contributed by atoms with Crippen LogP contribution in [0.2, 0.25) is 5.02 Å². The quantitative estimate of drug-likeness (QED) is 0.470. The van der Waals surface area contributed by atoms with Gasteiger partial charge in [-0.1, -0.05) is 77.5 Å². The molecule has 1 heterocycles. The second kappa shape index (κ2) is 8.79. The molecule has 0 aliphatic carbocycles. The maximum atomic E-state index is 12.7. The highest BCUT2D eigenvalue weighted by atomic mass is 35.5. The van der Waals surface area contributed by atoms with Gasteiger partial charge in [0.2, 0.25) is 10.0 Å². The van der Waals surface area contributed by atoms with Crippen molar-refractivity contribution in [3.05, 3.63) is 102 Å². The third-order valence-corrected chi connectivity index (χ3v) is 6.37. The number of halogens is 1. The number of nitrogens with one attached hydrogen (secondary N) is 1. The predicted octanol–water partition coefficient (Wildman–Crippen LogP) is 4.17. The van der Waals surface area contributed by atoms with Gasteiger partial charge in [0.05, 0.1) is 17.1 Å². The lowest BCUT2D eigenvalue weighted by Gasteiger charge is -2.18. The summed E-state index contributed by atoms with van der Waals surface area (Å²) in [6, 6.07) is 25.0. The summed E-state index contributed by atoms with van der Waals surface area (Å²) < 4.78 is 29.8. The second-order valence-electron chi connectivity index (χ2n) is 6.68. The molecular formula is C22H19ClN4O2S. The molecule has 6 nitrogen and oxygen atoms in total. The maximum absolute atomic E-state index is 12.7. The molecule has 1 unspecified atom stereocenters. The molecule has 0 aliphatic heterocycles. The largest absolute Gasteiger partial charge is 0.243 e. The average molecular weight is 439 g/mol. The number of rotatable bonds is 7. The molecule has 0 amide bonds. The van der Waals surface area contributed by atoms with Crippen molar-refractivity contribution in [1.82, 2.24) is 19.7 Å². The summed E-state index contributed by atoms with van der Waals surface area (Å²) in [7, 11) is -3.70. The zero-order valence-corrected chi connectivity index (χ0v) is 17.5. The molecule has 0 bridgehead atoms. The van der Waals surface area contributed by atoms with Gasteiger partial charge in [-0.05, 0) is 29.8 Å². The monoisotopic (exact) mass is 438 g/mol. The van der Waals surface area contributed by atoms with E-state index in [1.54, 1.807) is 16.8 Å². The van der Waals surface area contributed by atoms with E-state index in [1.807, 2.05) is 66.9 Å². The topological polar surface area (TPSA) is 76.9 Å². The molecule has 8 heteroatoms. The molecule has 4 rings (SSSR count). The molecule has 4 aromatic rings. The van der Waals surface area contributed by atoms with Gasteiger partial charge in [0.25, 0.3) is 0 Å². The van der Waals surface area contributed by atoms with Crippen LogP contribution in [0.3, 0.4) is 0 Å². The van der Waals surface area contributed by atoms with E-state index in [9.17, 15) is 8.42 Å². The van der Waals surface area contributed by atoms with Crippen LogP contribution in [-0.4, -0.2) is 30.0 Å². The van der Waals surface area contributed by atoms with Crippen molar-refractivity contribution in [3.63, 3.8) is 0 Å². The minimum atomic E-state index is -3.70. The standard InChI is InChI=1S/C22H19ClN4O2S/c23-19-11-13-20(14-12-19)30(28,29)24-15-22(18-9-5-2-6-10-18)27-16-21(25-26-27)17-7-3-1-4-8-17/h1-14,16,22,24H,15H2. The normalized spacial score (nSPS) is 12.6. The van der Waals surface area contributed by atoms with Crippen molar-refractivity contribution < 1.29 is 8.42 Å². The lowest BCUT2D eigenvalue weighted by molar-refractivity contribution is 0.492. The Morgan fingerprint density at radius 1 is 0.900 bits per heavy atom. The molecule has 0 fully saturated rings. The smallest absolute Gasteiger partial charge is 0.240 e. The van der Waals surface area contributed by atoms with E-state index in [0.29, 0.717) is 5.02 Å². The van der Waals surface area contributed by atoms with Crippen LogP contribution in [-0.2, 0) is 10.0 Å². The minimum absolute atomic E-state index is 0.118. The first-order valence-corrected chi connectivity index (χ1v) is 11.2. The maximum Gasteiger partial charge on any atom is 0.240 e. The van der Waals surface area contributed by atoms with E-state index in [-0.39, 0.29) is 17.5 Å². The highest BCUT2D eigenvalue weighted by Gasteiger charge is 2.21. The molecule has 152 valence electrons. The summed E-state index contributed by atoms with van der Waals surface area (Å²) >= 11 is 5.87. The number of hydrogen-bond acceptors (Lipinski definition) is 4. The van der Waals surface area contributed by atoms with Gasteiger partial charge in [-0.25, -0.2) is 17.8 Å². The number of aromatic nitrogens is 3. The van der Waals surface area contributed by atoms with E-state index in [2.05, 4.69) is 15.0 Å². The van der Waals surface area contributed by atoms with E-state index < -0.39 is 10.0 Å².